The Morgan fingerprint density at radius 3 is 2.56 bits per heavy atom. The van der Waals surface area contributed by atoms with Gasteiger partial charge in [-0.2, -0.15) is 0 Å². The van der Waals surface area contributed by atoms with Crippen LogP contribution in [0.5, 0.6) is 0 Å². The maximum atomic E-state index is 13.3. The van der Waals surface area contributed by atoms with E-state index in [-0.39, 0.29) is 5.69 Å². The summed E-state index contributed by atoms with van der Waals surface area (Å²) in [4.78, 5) is -0.823. The molecule has 0 unspecified atom stereocenters. The minimum atomic E-state index is -4.45. The molecule has 9 heteroatoms. The van der Waals surface area contributed by atoms with E-state index >= 15 is 0 Å². The van der Waals surface area contributed by atoms with Gasteiger partial charge in [-0.1, -0.05) is 0 Å². The molecule has 0 aliphatic heterocycles. The fourth-order valence-corrected chi connectivity index (χ4v) is 2.23. The first-order valence-corrected chi connectivity index (χ1v) is 6.20. The Bertz CT molecular complexity index is 534. The Kier molecular flexibility index (Phi) is 4.20. The zero-order valence-electron chi connectivity index (χ0n) is 9.03. The fraction of sp³-hybridized carbons (Fsp3) is 0.333. The van der Waals surface area contributed by atoms with Gasteiger partial charge in [-0.15, -0.1) is 0 Å². The summed E-state index contributed by atoms with van der Waals surface area (Å²) >= 11 is 0. The van der Waals surface area contributed by atoms with E-state index in [4.69, 9.17) is 10.8 Å². The zero-order chi connectivity index (χ0) is 14.0. The highest BCUT2D eigenvalue weighted by molar-refractivity contribution is 7.89. The lowest BCUT2D eigenvalue weighted by Crippen LogP contribution is -2.39. The van der Waals surface area contributed by atoms with E-state index in [0.717, 1.165) is 18.2 Å². The van der Waals surface area contributed by atoms with Crippen LogP contribution in [-0.2, 0) is 10.0 Å². The topological polar surface area (TPSA) is 92.4 Å². The van der Waals surface area contributed by atoms with Crippen molar-refractivity contribution in [3.05, 3.63) is 24.0 Å². The van der Waals surface area contributed by atoms with E-state index < -0.39 is 39.8 Å². The number of hydrogen-bond donors (Lipinski definition) is 3. The molecule has 0 fully saturated rings. The second kappa shape index (κ2) is 5.12. The van der Waals surface area contributed by atoms with Crippen LogP contribution in [0.25, 0.3) is 0 Å². The number of benzene rings is 1. The number of sulfonamides is 1. The van der Waals surface area contributed by atoms with Gasteiger partial charge in [0.25, 0.3) is 5.92 Å². The fourth-order valence-electron chi connectivity index (χ4n) is 1.06. The second-order valence-electron chi connectivity index (χ2n) is 3.53. The third-order valence-corrected chi connectivity index (χ3v) is 3.41. The molecule has 0 aliphatic rings. The molecule has 0 saturated heterocycles. The predicted molar refractivity (Wildman–Crippen MR) is 58.0 cm³/mol. The summed E-state index contributed by atoms with van der Waals surface area (Å²) < 4.78 is 63.2. The van der Waals surface area contributed by atoms with Gasteiger partial charge in [0.05, 0.1) is 6.54 Å². The quantitative estimate of drug-likeness (QED) is 0.679. The molecule has 4 N–H and O–H groups in total. The SMILES string of the molecule is Nc1ccc(F)c(S(=O)(=O)NCC(F)(F)CO)c1. The average Bonchev–Trinajstić information content (AvgIpc) is 2.30. The van der Waals surface area contributed by atoms with Gasteiger partial charge in [0.2, 0.25) is 10.0 Å². The summed E-state index contributed by atoms with van der Waals surface area (Å²) in [5.41, 5.74) is 5.26. The summed E-state index contributed by atoms with van der Waals surface area (Å²) in [6.07, 6.45) is 0. The minimum absolute atomic E-state index is 0.0225. The van der Waals surface area contributed by atoms with Crippen LogP contribution in [0, 0.1) is 5.82 Å². The molecule has 0 aromatic heterocycles. The standard InChI is InChI=1S/C9H11F3N2O3S/c10-7-2-1-6(13)3-8(7)18(16,17)14-4-9(11,12)5-15/h1-3,14-15H,4-5,13H2. The van der Waals surface area contributed by atoms with Crippen LogP contribution in [0.2, 0.25) is 0 Å². The van der Waals surface area contributed by atoms with Gasteiger partial charge in [0, 0.05) is 5.69 Å². The van der Waals surface area contributed by atoms with Gasteiger partial charge in [-0.05, 0) is 18.2 Å². The number of aliphatic hydroxyl groups is 1. The monoisotopic (exact) mass is 284 g/mol. The number of rotatable bonds is 5. The molecule has 0 aliphatic carbocycles. The molecule has 18 heavy (non-hydrogen) atoms. The Morgan fingerprint density at radius 2 is 2.00 bits per heavy atom. The first-order valence-electron chi connectivity index (χ1n) is 4.71. The van der Waals surface area contributed by atoms with E-state index in [1.54, 1.807) is 0 Å². The van der Waals surface area contributed by atoms with E-state index in [1.165, 1.54) is 4.72 Å². The normalized spacial score (nSPS) is 12.7. The summed E-state index contributed by atoms with van der Waals surface area (Å²) in [7, 11) is -4.45. The summed E-state index contributed by atoms with van der Waals surface area (Å²) in [5.74, 6) is -4.73. The maximum Gasteiger partial charge on any atom is 0.283 e. The molecule has 0 saturated carbocycles. The third kappa shape index (κ3) is 3.59. The van der Waals surface area contributed by atoms with Crippen LogP contribution in [-0.4, -0.2) is 32.6 Å². The summed E-state index contributed by atoms with van der Waals surface area (Å²) in [6.45, 7) is -2.85. The Hall–Kier alpha value is -1.32. The Labute approximate surface area is 101 Å². The van der Waals surface area contributed by atoms with Crippen molar-refractivity contribution in [2.75, 3.05) is 18.9 Å². The number of halogens is 3. The van der Waals surface area contributed by atoms with Crippen molar-refractivity contribution in [1.29, 1.82) is 0 Å². The van der Waals surface area contributed by atoms with E-state index in [9.17, 15) is 21.6 Å². The lowest BCUT2D eigenvalue weighted by atomic mass is 10.3. The molecule has 1 aromatic carbocycles. The average molecular weight is 284 g/mol. The number of nitrogen functional groups attached to an aromatic ring is 1. The predicted octanol–water partition coefficient (Wildman–Crippen LogP) is 0.314. The van der Waals surface area contributed by atoms with Crippen LogP contribution >= 0.6 is 0 Å². The van der Waals surface area contributed by atoms with Gasteiger partial charge >= 0.3 is 0 Å². The summed E-state index contributed by atoms with van der Waals surface area (Å²) in [6, 6.07) is 2.76. The molecular formula is C9H11F3N2O3S. The van der Waals surface area contributed by atoms with Gasteiger partial charge in [-0.3, -0.25) is 0 Å². The highest BCUT2D eigenvalue weighted by Gasteiger charge is 2.31. The number of nitrogens with two attached hydrogens (primary N) is 1. The molecular weight excluding hydrogens is 273 g/mol. The van der Waals surface area contributed by atoms with E-state index in [1.807, 2.05) is 0 Å². The number of hydrogen-bond acceptors (Lipinski definition) is 4. The molecule has 0 bridgehead atoms. The lowest BCUT2D eigenvalue weighted by molar-refractivity contribution is -0.0437. The van der Waals surface area contributed by atoms with Crippen LogP contribution in [0.4, 0.5) is 18.9 Å². The van der Waals surface area contributed by atoms with Crippen molar-refractivity contribution in [3.63, 3.8) is 0 Å². The van der Waals surface area contributed by atoms with Gasteiger partial charge < -0.3 is 10.8 Å². The van der Waals surface area contributed by atoms with Crippen molar-refractivity contribution >= 4 is 15.7 Å². The van der Waals surface area contributed by atoms with Crippen LogP contribution in [0.1, 0.15) is 0 Å². The Balaban J connectivity index is 2.97. The maximum absolute atomic E-state index is 13.3. The molecule has 5 nitrogen and oxygen atoms in total. The number of aliphatic hydroxyl groups excluding tert-OH is 1. The van der Waals surface area contributed by atoms with Crippen LogP contribution in [0.3, 0.4) is 0 Å². The van der Waals surface area contributed by atoms with Crippen molar-refractivity contribution in [1.82, 2.24) is 4.72 Å². The van der Waals surface area contributed by atoms with Crippen LogP contribution in [0.15, 0.2) is 23.1 Å². The number of alkyl halides is 2. The molecule has 0 atom stereocenters. The third-order valence-electron chi connectivity index (χ3n) is 2.00. The first-order chi connectivity index (χ1) is 8.18. The van der Waals surface area contributed by atoms with E-state index in [2.05, 4.69) is 0 Å². The largest absolute Gasteiger partial charge is 0.399 e. The van der Waals surface area contributed by atoms with Crippen molar-refractivity contribution < 1.29 is 26.7 Å². The van der Waals surface area contributed by atoms with E-state index in [0.29, 0.717) is 0 Å². The van der Waals surface area contributed by atoms with Gasteiger partial charge in [-0.25, -0.2) is 26.3 Å². The first kappa shape index (κ1) is 14.7. The molecule has 0 amide bonds. The lowest BCUT2D eigenvalue weighted by Gasteiger charge is -2.14. The van der Waals surface area contributed by atoms with Gasteiger partial charge in [0.15, 0.2) is 0 Å². The molecule has 1 rings (SSSR count). The highest BCUT2D eigenvalue weighted by Crippen LogP contribution is 2.18. The van der Waals surface area contributed by atoms with Crippen molar-refractivity contribution in [2.45, 2.75) is 10.8 Å². The van der Waals surface area contributed by atoms with Crippen LogP contribution < -0.4 is 10.5 Å². The molecule has 102 valence electrons. The van der Waals surface area contributed by atoms with Crippen molar-refractivity contribution in [2.24, 2.45) is 0 Å². The second-order valence-corrected chi connectivity index (χ2v) is 5.26. The number of anilines is 1. The summed E-state index contributed by atoms with van der Waals surface area (Å²) in [5, 5.41) is 8.28. The molecule has 0 radical (unpaired) electrons. The molecule has 1 aromatic rings. The van der Waals surface area contributed by atoms with Gasteiger partial charge in [0.1, 0.15) is 17.3 Å². The van der Waals surface area contributed by atoms with Crippen molar-refractivity contribution in [3.8, 4) is 0 Å². The minimum Gasteiger partial charge on any atom is -0.399 e. The Morgan fingerprint density at radius 1 is 1.39 bits per heavy atom. The highest BCUT2D eigenvalue weighted by atomic mass is 32.2. The zero-order valence-corrected chi connectivity index (χ0v) is 9.85. The number of nitrogens with one attached hydrogen (secondary N) is 1. The molecule has 0 heterocycles. The smallest absolute Gasteiger partial charge is 0.283 e. The molecule has 0 spiro atoms.